The van der Waals surface area contributed by atoms with Crippen molar-refractivity contribution in [2.24, 2.45) is 5.10 Å². The number of nitrogens with one attached hydrogen (secondary N) is 1. The molecular formula is C18H20BrN3O2. The number of carbonyl (C=O) groups is 1. The number of hydrazone groups is 1. The second-order valence-electron chi connectivity index (χ2n) is 5.26. The van der Waals surface area contributed by atoms with Crippen molar-refractivity contribution in [1.29, 1.82) is 0 Å². The fourth-order valence-corrected chi connectivity index (χ4v) is 2.41. The first-order chi connectivity index (χ1) is 11.5. The smallest absolute Gasteiger partial charge is 0.275 e. The van der Waals surface area contributed by atoms with Gasteiger partial charge in [0.1, 0.15) is 5.75 Å². The van der Waals surface area contributed by atoms with E-state index in [4.69, 9.17) is 4.74 Å². The highest BCUT2D eigenvalue weighted by molar-refractivity contribution is 9.10. The van der Waals surface area contributed by atoms with Crippen LogP contribution >= 0.6 is 15.9 Å². The minimum absolute atomic E-state index is 0.319. The van der Waals surface area contributed by atoms with Gasteiger partial charge < -0.3 is 9.64 Å². The van der Waals surface area contributed by atoms with Gasteiger partial charge in [-0.05, 0) is 42.8 Å². The number of hydrogen-bond donors (Lipinski definition) is 1. The highest BCUT2D eigenvalue weighted by atomic mass is 79.9. The second-order valence-corrected chi connectivity index (χ2v) is 6.17. The average molecular weight is 390 g/mol. The predicted molar refractivity (Wildman–Crippen MR) is 101 cm³/mol. The van der Waals surface area contributed by atoms with Crippen LogP contribution in [0.1, 0.15) is 22.8 Å². The lowest BCUT2D eigenvalue weighted by Gasteiger charge is -2.11. The third-order valence-electron chi connectivity index (χ3n) is 3.28. The van der Waals surface area contributed by atoms with E-state index in [1.54, 1.807) is 18.3 Å². The van der Waals surface area contributed by atoms with Gasteiger partial charge >= 0.3 is 0 Å². The molecular weight excluding hydrogens is 370 g/mol. The number of carbonyl (C=O) groups excluding carboxylic acids is 1. The fourth-order valence-electron chi connectivity index (χ4n) is 2.05. The molecule has 5 nitrogen and oxygen atoms in total. The van der Waals surface area contributed by atoms with Gasteiger partial charge in [-0.15, -0.1) is 0 Å². The number of halogens is 1. The van der Waals surface area contributed by atoms with E-state index in [2.05, 4.69) is 26.5 Å². The van der Waals surface area contributed by atoms with Crippen molar-refractivity contribution < 1.29 is 9.53 Å². The Morgan fingerprint density at radius 2 is 1.96 bits per heavy atom. The molecule has 0 saturated heterocycles. The van der Waals surface area contributed by atoms with E-state index in [0.717, 1.165) is 15.7 Å². The normalized spacial score (nSPS) is 10.7. The lowest BCUT2D eigenvalue weighted by molar-refractivity contribution is 0.0951. The number of nitrogens with zero attached hydrogens (tertiary/aromatic N) is 2. The molecule has 0 fully saturated rings. The second kappa shape index (κ2) is 8.49. The van der Waals surface area contributed by atoms with Gasteiger partial charge in [0.25, 0.3) is 5.91 Å². The van der Waals surface area contributed by atoms with E-state index in [1.165, 1.54) is 0 Å². The predicted octanol–water partition coefficient (Wildman–Crippen LogP) is 3.68. The average Bonchev–Trinajstić information content (AvgIpc) is 2.57. The minimum Gasteiger partial charge on any atom is -0.493 e. The van der Waals surface area contributed by atoms with Gasteiger partial charge in [0.15, 0.2) is 0 Å². The molecule has 2 rings (SSSR count). The molecule has 0 bridgehead atoms. The van der Waals surface area contributed by atoms with Gasteiger partial charge in [0.05, 0.1) is 18.4 Å². The number of hydrogen-bond acceptors (Lipinski definition) is 4. The summed E-state index contributed by atoms with van der Waals surface area (Å²) in [5.41, 5.74) is 4.97. The molecule has 126 valence electrons. The van der Waals surface area contributed by atoms with E-state index in [9.17, 15) is 4.79 Å². The summed E-state index contributed by atoms with van der Waals surface area (Å²) in [6.45, 7) is 2.36. The van der Waals surface area contributed by atoms with Gasteiger partial charge in [-0.1, -0.05) is 28.1 Å². The van der Waals surface area contributed by atoms with Crippen molar-refractivity contribution in [3.8, 4) is 5.75 Å². The summed E-state index contributed by atoms with van der Waals surface area (Å²) in [7, 11) is 3.97. The standard InChI is InChI=1S/C18H20BrN3O2/c1-4-24-17-10-7-14(19)11-16(17)18(23)21-20-12-13-5-8-15(9-6-13)22(2)3/h5-12H,4H2,1-3H3,(H,21,23). The molecule has 24 heavy (non-hydrogen) atoms. The molecule has 1 N–H and O–H groups in total. The van der Waals surface area contributed by atoms with Crippen LogP contribution < -0.4 is 15.1 Å². The van der Waals surface area contributed by atoms with E-state index < -0.39 is 0 Å². The van der Waals surface area contributed by atoms with Crippen LogP contribution in [0.3, 0.4) is 0 Å². The molecule has 0 aromatic heterocycles. The number of rotatable bonds is 6. The molecule has 0 aliphatic heterocycles. The summed E-state index contributed by atoms with van der Waals surface area (Å²) in [5, 5.41) is 4.01. The minimum atomic E-state index is -0.319. The van der Waals surface area contributed by atoms with Gasteiger partial charge in [-0.25, -0.2) is 5.43 Å². The largest absolute Gasteiger partial charge is 0.493 e. The molecule has 2 aromatic rings. The Hall–Kier alpha value is -2.34. The van der Waals surface area contributed by atoms with Gasteiger partial charge in [0.2, 0.25) is 0 Å². The third-order valence-corrected chi connectivity index (χ3v) is 3.77. The van der Waals surface area contributed by atoms with Crippen LogP contribution in [0.25, 0.3) is 0 Å². The van der Waals surface area contributed by atoms with Crippen LogP contribution in [-0.2, 0) is 0 Å². The molecule has 6 heteroatoms. The molecule has 0 aliphatic rings. The highest BCUT2D eigenvalue weighted by Gasteiger charge is 2.12. The summed E-state index contributed by atoms with van der Waals surface area (Å²) < 4.78 is 6.28. The zero-order chi connectivity index (χ0) is 17.5. The Balaban J connectivity index is 2.06. The van der Waals surface area contributed by atoms with Gasteiger partial charge in [-0.2, -0.15) is 5.10 Å². The molecule has 0 aliphatic carbocycles. The van der Waals surface area contributed by atoms with Crippen LogP contribution in [0.15, 0.2) is 52.0 Å². The Bertz CT molecular complexity index is 728. The molecule has 0 unspecified atom stereocenters. The van der Waals surface area contributed by atoms with E-state index in [0.29, 0.717) is 17.9 Å². The topological polar surface area (TPSA) is 53.9 Å². The summed E-state index contributed by atoms with van der Waals surface area (Å²) in [6.07, 6.45) is 1.61. The Morgan fingerprint density at radius 3 is 2.58 bits per heavy atom. The van der Waals surface area contributed by atoms with Crippen LogP contribution in [0.2, 0.25) is 0 Å². The first-order valence-electron chi connectivity index (χ1n) is 7.54. The fraction of sp³-hybridized carbons (Fsp3) is 0.222. The van der Waals surface area contributed by atoms with Crippen molar-refractivity contribution in [3.05, 3.63) is 58.1 Å². The quantitative estimate of drug-likeness (QED) is 0.605. The highest BCUT2D eigenvalue weighted by Crippen LogP contribution is 2.23. The maximum atomic E-state index is 12.3. The zero-order valence-corrected chi connectivity index (χ0v) is 15.5. The molecule has 2 aromatic carbocycles. The molecule has 0 heterocycles. The molecule has 1 amide bonds. The summed E-state index contributed by atoms with van der Waals surface area (Å²) in [4.78, 5) is 14.3. The molecule has 0 spiro atoms. The summed E-state index contributed by atoms with van der Waals surface area (Å²) in [5.74, 6) is 0.213. The van der Waals surface area contributed by atoms with Crippen LogP contribution in [0.5, 0.6) is 5.75 Å². The molecule has 0 atom stereocenters. The lowest BCUT2D eigenvalue weighted by Crippen LogP contribution is -2.18. The Kier molecular flexibility index (Phi) is 6.37. The van der Waals surface area contributed by atoms with Crippen molar-refractivity contribution in [2.45, 2.75) is 6.92 Å². The third kappa shape index (κ3) is 4.83. The van der Waals surface area contributed by atoms with Crippen molar-refractivity contribution in [1.82, 2.24) is 5.43 Å². The van der Waals surface area contributed by atoms with Crippen molar-refractivity contribution >= 4 is 33.7 Å². The summed E-state index contributed by atoms with van der Waals surface area (Å²) in [6, 6.07) is 13.2. The maximum absolute atomic E-state index is 12.3. The number of anilines is 1. The maximum Gasteiger partial charge on any atom is 0.275 e. The van der Waals surface area contributed by atoms with E-state index in [1.807, 2.05) is 56.3 Å². The van der Waals surface area contributed by atoms with Gasteiger partial charge in [-0.3, -0.25) is 4.79 Å². The Morgan fingerprint density at radius 1 is 1.25 bits per heavy atom. The van der Waals surface area contributed by atoms with E-state index >= 15 is 0 Å². The monoisotopic (exact) mass is 389 g/mol. The SMILES string of the molecule is CCOc1ccc(Br)cc1C(=O)NN=Cc1ccc(N(C)C)cc1. The number of amides is 1. The molecule has 0 radical (unpaired) electrons. The number of benzene rings is 2. The summed E-state index contributed by atoms with van der Waals surface area (Å²) >= 11 is 3.36. The van der Waals surface area contributed by atoms with Crippen LogP contribution in [-0.4, -0.2) is 32.8 Å². The van der Waals surface area contributed by atoms with Gasteiger partial charge in [0, 0.05) is 24.3 Å². The van der Waals surface area contributed by atoms with Crippen LogP contribution in [0, 0.1) is 0 Å². The first kappa shape index (κ1) is 18.0. The van der Waals surface area contributed by atoms with E-state index in [-0.39, 0.29) is 5.91 Å². The zero-order valence-electron chi connectivity index (χ0n) is 13.9. The lowest BCUT2D eigenvalue weighted by atomic mass is 10.2. The number of ether oxygens (including phenoxy) is 1. The molecule has 0 saturated carbocycles. The van der Waals surface area contributed by atoms with Crippen LogP contribution in [0.4, 0.5) is 5.69 Å². The van der Waals surface area contributed by atoms with Crippen molar-refractivity contribution in [2.75, 3.05) is 25.6 Å². The Labute approximate surface area is 150 Å². The first-order valence-corrected chi connectivity index (χ1v) is 8.33. The van der Waals surface area contributed by atoms with Crippen molar-refractivity contribution in [3.63, 3.8) is 0 Å².